The Morgan fingerprint density at radius 2 is 1.33 bits per heavy atom. The Kier molecular flexibility index (Phi) is 6.01. The van der Waals surface area contributed by atoms with Gasteiger partial charge in [0.1, 0.15) is 11.5 Å². The zero-order valence-electron chi connectivity index (χ0n) is 17.2. The number of aromatic nitrogens is 2. The molecule has 0 amide bonds. The molecule has 0 bridgehead atoms. The van der Waals surface area contributed by atoms with E-state index in [0.29, 0.717) is 16.8 Å². The first-order chi connectivity index (χ1) is 14.4. The lowest BCUT2D eigenvalue weighted by atomic mass is 10.1. The van der Waals surface area contributed by atoms with E-state index in [1.165, 1.54) is 17.7 Å². The third-order valence-corrected chi connectivity index (χ3v) is 4.94. The summed E-state index contributed by atoms with van der Waals surface area (Å²) in [6.07, 6.45) is 0.770. The minimum absolute atomic E-state index is 0.0259. The van der Waals surface area contributed by atoms with Crippen LogP contribution in [-0.4, -0.2) is 29.6 Å². The summed E-state index contributed by atoms with van der Waals surface area (Å²) in [4.78, 5) is 33.8. The molecule has 4 rings (SSSR count). The van der Waals surface area contributed by atoms with Gasteiger partial charge < -0.3 is 18.6 Å². The van der Waals surface area contributed by atoms with Gasteiger partial charge in [-0.25, -0.2) is 0 Å². The SMILES string of the molecule is COc1ccc(C=O)c2ccc(=O)n(C)c12.COc1cccc2ccc(=O)n(C)c12. The molecule has 0 aliphatic carbocycles. The minimum atomic E-state index is -0.131. The van der Waals surface area contributed by atoms with Gasteiger partial charge in [-0.3, -0.25) is 14.4 Å². The maximum absolute atomic E-state index is 11.5. The molecule has 30 heavy (non-hydrogen) atoms. The van der Waals surface area contributed by atoms with Gasteiger partial charge in [-0.2, -0.15) is 0 Å². The molecule has 0 saturated heterocycles. The predicted molar refractivity (Wildman–Crippen MR) is 117 cm³/mol. The molecule has 0 atom stereocenters. The number of ether oxygens (including phenoxy) is 2. The third kappa shape index (κ3) is 3.69. The molecule has 0 N–H and O–H groups in total. The summed E-state index contributed by atoms with van der Waals surface area (Å²) in [6.45, 7) is 0. The number of pyridine rings is 2. The van der Waals surface area contributed by atoms with E-state index in [1.54, 1.807) is 56.1 Å². The molecule has 0 saturated carbocycles. The van der Waals surface area contributed by atoms with Gasteiger partial charge in [0.05, 0.1) is 25.3 Å². The molecular formula is C23H22N2O5. The van der Waals surface area contributed by atoms with Gasteiger partial charge in [-0.05, 0) is 30.3 Å². The van der Waals surface area contributed by atoms with Crippen molar-refractivity contribution in [3.8, 4) is 11.5 Å². The number of rotatable bonds is 3. The molecule has 7 nitrogen and oxygen atoms in total. The number of aryl methyl sites for hydroxylation is 2. The smallest absolute Gasteiger partial charge is 0.250 e. The van der Waals surface area contributed by atoms with Crippen molar-refractivity contribution in [3.63, 3.8) is 0 Å². The molecule has 0 spiro atoms. The zero-order valence-corrected chi connectivity index (χ0v) is 17.2. The highest BCUT2D eigenvalue weighted by Crippen LogP contribution is 2.26. The second-order valence-corrected chi connectivity index (χ2v) is 6.60. The molecule has 0 aliphatic heterocycles. The molecular weight excluding hydrogens is 384 g/mol. The summed E-state index contributed by atoms with van der Waals surface area (Å²) in [6, 6.07) is 15.5. The van der Waals surface area contributed by atoms with E-state index >= 15 is 0 Å². The van der Waals surface area contributed by atoms with E-state index in [2.05, 4.69) is 0 Å². The maximum atomic E-state index is 11.5. The zero-order chi connectivity index (χ0) is 21.8. The van der Waals surface area contributed by atoms with E-state index in [9.17, 15) is 14.4 Å². The third-order valence-electron chi connectivity index (χ3n) is 4.94. The van der Waals surface area contributed by atoms with Crippen molar-refractivity contribution in [1.29, 1.82) is 0 Å². The van der Waals surface area contributed by atoms with Gasteiger partial charge in [0.25, 0.3) is 11.1 Å². The first-order valence-corrected chi connectivity index (χ1v) is 9.17. The minimum Gasteiger partial charge on any atom is -0.495 e. The lowest BCUT2D eigenvalue weighted by Crippen LogP contribution is -2.16. The van der Waals surface area contributed by atoms with Gasteiger partial charge >= 0.3 is 0 Å². The molecule has 7 heteroatoms. The van der Waals surface area contributed by atoms with Crippen molar-refractivity contribution < 1.29 is 14.3 Å². The van der Waals surface area contributed by atoms with Crippen LogP contribution in [0.4, 0.5) is 0 Å². The van der Waals surface area contributed by atoms with E-state index in [1.807, 2.05) is 18.2 Å². The first-order valence-electron chi connectivity index (χ1n) is 9.17. The van der Waals surface area contributed by atoms with E-state index in [-0.39, 0.29) is 11.1 Å². The summed E-state index contributed by atoms with van der Waals surface area (Å²) in [5.41, 5.74) is 1.87. The number of fused-ring (bicyclic) bond motifs is 2. The first kappa shape index (κ1) is 20.9. The van der Waals surface area contributed by atoms with Crippen LogP contribution in [0.2, 0.25) is 0 Å². The number of nitrogens with zero attached hydrogens (tertiary/aromatic N) is 2. The predicted octanol–water partition coefficient (Wildman–Crippen LogP) is 2.91. The molecule has 0 aliphatic rings. The quantitative estimate of drug-likeness (QED) is 0.489. The van der Waals surface area contributed by atoms with E-state index < -0.39 is 0 Å². The van der Waals surface area contributed by atoms with Crippen LogP contribution in [0.1, 0.15) is 10.4 Å². The van der Waals surface area contributed by atoms with Crippen LogP contribution in [0.5, 0.6) is 11.5 Å². The summed E-state index contributed by atoms with van der Waals surface area (Å²) in [7, 11) is 6.54. The number of aldehydes is 1. The molecule has 2 aromatic carbocycles. The van der Waals surface area contributed by atoms with Gasteiger partial charge in [0, 0.05) is 42.6 Å². The van der Waals surface area contributed by atoms with Crippen LogP contribution >= 0.6 is 0 Å². The van der Waals surface area contributed by atoms with Crippen molar-refractivity contribution >= 4 is 28.1 Å². The normalized spacial score (nSPS) is 10.4. The fraction of sp³-hybridized carbons (Fsp3) is 0.174. The lowest BCUT2D eigenvalue weighted by molar-refractivity contribution is 0.112. The Bertz CT molecular complexity index is 1350. The molecule has 2 heterocycles. The summed E-state index contributed by atoms with van der Waals surface area (Å²) in [5.74, 6) is 1.31. The Morgan fingerprint density at radius 1 is 0.733 bits per heavy atom. The molecule has 2 aromatic heterocycles. The van der Waals surface area contributed by atoms with Crippen LogP contribution in [0.3, 0.4) is 0 Å². The number of para-hydroxylation sites is 1. The molecule has 154 valence electrons. The Labute approximate surface area is 172 Å². The Balaban J connectivity index is 0.000000172. The topological polar surface area (TPSA) is 79.5 Å². The Morgan fingerprint density at radius 3 is 1.97 bits per heavy atom. The number of carbonyl (C=O) groups is 1. The van der Waals surface area contributed by atoms with Crippen molar-refractivity contribution in [2.75, 3.05) is 14.2 Å². The summed E-state index contributed by atoms with van der Waals surface area (Å²) < 4.78 is 13.5. The second-order valence-electron chi connectivity index (χ2n) is 6.60. The monoisotopic (exact) mass is 406 g/mol. The number of hydrogen-bond acceptors (Lipinski definition) is 5. The molecule has 0 radical (unpaired) electrons. The van der Waals surface area contributed by atoms with E-state index in [0.717, 1.165) is 28.3 Å². The largest absolute Gasteiger partial charge is 0.495 e. The number of benzene rings is 2. The van der Waals surface area contributed by atoms with Gasteiger partial charge in [-0.15, -0.1) is 0 Å². The fourth-order valence-electron chi connectivity index (χ4n) is 3.35. The van der Waals surface area contributed by atoms with Crippen LogP contribution in [0.15, 0.2) is 64.2 Å². The van der Waals surface area contributed by atoms with Crippen molar-refractivity contribution in [1.82, 2.24) is 9.13 Å². The van der Waals surface area contributed by atoms with Crippen LogP contribution in [-0.2, 0) is 14.1 Å². The highest BCUT2D eigenvalue weighted by atomic mass is 16.5. The van der Waals surface area contributed by atoms with Gasteiger partial charge in [0.15, 0.2) is 6.29 Å². The molecule has 0 fully saturated rings. The van der Waals surface area contributed by atoms with Gasteiger partial charge in [0.2, 0.25) is 0 Å². The Hall–Kier alpha value is -3.87. The standard InChI is InChI=1S/C12H11NO3.C11H11NO2/c1-13-11(15)6-4-9-8(7-14)3-5-10(16-2)12(9)13;1-12-10(13)7-6-8-4-3-5-9(14-2)11(8)12/h3-7H,1-2H3;3-7H,1-2H3. The summed E-state index contributed by atoms with van der Waals surface area (Å²) in [5, 5.41) is 1.72. The van der Waals surface area contributed by atoms with Gasteiger partial charge in [-0.1, -0.05) is 12.1 Å². The molecule has 4 aromatic rings. The van der Waals surface area contributed by atoms with Crippen molar-refractivity contribution in [2.45, 2.75) is 0 Å². The van der Waals surface area contributed by atoms with Crippen LogP contribution in [0.25, 0.3) is 21.8 Å². The summed E-state index contributed by atoms with van der Waals surface area (Å²) >= 11 is 0. The van der Waals surface area contributed by atoms with Crippen LogP contribution in [0, 0.1) is 0 Å². The second kappa shape index (κ2) is 8.65. The number of hydrogen-bond donors (Lipinski definition) is 0. The maximum Gasteiger partial charge on any atom is 0.250 e. The van der Waals surface area contributed by atoms with Crippen molar-refractivity contribution in [2.24, 2.45) is 14.1 Å². The number of methoxy groups -OCH3 is 2. The highest BCUT2D eigenvalue weighted by Gasteiger charge is 2.09. The highest BCUT2D eigenvalue weighted by molar-refractivity contribution is 5.99. The van der Waals surface area contributed by atoms with Crippen LogP contribution < -0.4 is 20.6 Å². The lowest BCUT2D eigenvalue weighted by Gasteiger charge is -2.10. The molecule has 0 unspecified atom stereocenters. The van der Waals surface area contributed by atoms with Crippen molar-refractivity contribution in [3.05, 3.63) is 80.9 Å². The average Bonchev–Trinajstić information content (AvgIpc) is 2.78. The number of carbonyl (C=O) groups excluding carboxylic acids is 1. The average molecular weight is 406 g/mol. The fourth-order valence-corrected chi connectivity index (χ4v) is 3.35. The van der Waals surface area contributed by atoms with E-state index in [4.69, 9.17) is 9.47 Å².